The van der Waals surface area contributed by atoms with Crippen molar-refractivity contribution >= 4 is 46.0 Å². The van der Waals surface area contributed by atoms with Crippen LogP contribution in [-0.4, -0.2) is 19.4 Å². The minimum Gasteiger partial charge on any atom is -0.367 e. The number of hydrogen-bond donors (Lipinski definition) is 0. The zero-order chi connectivity index (χ0) is 13.1. The van der Waals surface area contributed by atoms with Gasteiger partial charge in [0.1, 0.15) is 4.34 Å². The van der Waals surface area contributed by atoms with E-state index in [-0.39, 0.29) is 12.3 Å². The van der Waals surface area contributed by atoms with Crippen LogP contribution in [0.15, 0.2) is 36.4 Å². The van der Waals surface area contributed by atoms with Crippen molar-refractivity contribution in [2.75, 3.05) is 18.5 Å². The van der Waals surface area contributed by atoms with E-state index >= 15 is 0 Å². The molecule has 0 fully saturated rings. The predicted octanol–water partition coefficient (Wildman–Crippen LogP) is 4.37. The Kier molecular flexibility index (Phi) is 4.27. The number of rotatable bonds is 4. The highest BCUT2D eigenvalue weighted by atomic mass is 35.5. The number of halogens is 2. The Bertz CT molecular complexity index is 553. The molecule has 0 bridgehead atoms. The Morgan fingerprint density at radius 1 is 1.28 bits per heavy atom. The predicted molar refractivity (Wildman–Crippen MR) is 78.4 cm³/mol. The summed E-state index contributed by atoms with van der Waals surface area (Å²) in [6, 6.07) is 11.3. The number of likely N-dealkylation sites (N-methyl/N-ethyl adjacent to an activating group) is 1. The smallest absolute Gasteiger partial charge is 0.184 e. The molecule has 0 amide bonds. The molecule has 0 aliphatic rings. The van der Waals surface area contributed by atoms with Crippen LogP contribution in [0, 0.1) is 0 Å². The van der Waals surface area contributed by atoms with Gasteiger partial charge in [-0.15, -0.1) is 11.3 Å². The molecule has 1 heterocycles. The molecule has 94 valence electrons. The Balaban J connectivity index is 2.10. The monoisotopic (exact) mass is 299 g/mol. The Morgan fingerprint density at radius 3 is 2.50 bits per heavy atom. The third kappa shape index (κ3) is 3.05. The molecule has 0 aliphatic heterocycles. The molecule has 0 radical (unpaired) electrons. The summed E-state index contributed by atoms with van der Waals surface area (Å²) in [4.78, 5) is 14.0. The molecule has 0 N–H and O–H groups in total. The molecule has 5 heteroatoms. The first-order valence-corrected chi connectivity index (χ1v) is 6.89. The molecule has 18 heavy (non-hydrogen) atoms. The molecule has 2 nitrogen and oxygen atoms in total. The average Bonchev–Trinajstić information content (AvgIpc) is 2.69. The van der Waals surface area contributed by atoms with Crippen LogP contribution in [0.25, 0.3) is 0 Å². The van der Waals surface area contributed by atoms with Gasteiger partial charge in [-0.3, -0.25) is 4.79 Å². The van der Waals surface area contributed by atoms with Crippen LogP contribution in [0.5, 0.6) is 0 Å². The maximum Gasteiger partial charge on any atom is 0.184 e. The topological polar surface area (TPSA) is 20.3 Å². The largest absolute Gasteiger partial charge is 0.367 e. The highest BCUT2D eigenvalue weighted by Crippen LogP contribution is 2.31. The second kappa shape index (κ2) is 5.74. The molecule has 0 atom stereocenters. The van der Waals surface area contributed by atoms with Crippen molar-refractivity contribution in [1.29, 1.82) is 0 Å². The molecule has 1 aromatic carbocycles. The summed E-state index contributed by atoms with van der Waals surface area (Å²) in [6.07, 6.45) is 0. The maximum absolute atomic E-state index is 12.1. The van der Waals surface area contributed by atoms with Crippen LogP contribution >= 0.6 is 34.5 Å². The lowest BCUT2D eigenvalue weighted by molar-refractivity contribution is 0.100. The number of carbonyl (C=O) groups excluding carboxylic acids is 1. The highest BCUT2D eigenvalue weighted by molar-refractivity contribution is 7.20. The number of hydrogen-bond acceptors (Lipinski definition) is 3. The first-order chi connectivity index (χ1) is 8.58. The van der Waals surface area contributed by atoms with Crippen molar-refractivity contribution in [1.82, 2.24) is 0 Å². The van der Waals surface area contributed by atoms with Crippen LogP contribution in [0.2, 0.25) is 8.67 Å². The average molecular weight is 300 g/mol. The van der Waals surface area contributed by atoms with Gasteiger partial charge in [-0.2, -0.15) is 0 Å². The number of benzene rings is 1. The molecular formula is C13H11Cl2NOS. The second-order valence-electron chi connectivity index (χ2n) is 3.85. The summed E-state index contributed by atoms with van der Waals surface area (Å²) in [5.41, 5.74) is 1.48. The van der Waals surface area contributed by atoms with Gasteiger partial charge < -0.3 is 4.90 Å². The molecule has 0 saturated carbocycles. The van der Waals surface area contributed by atoms with Crippen molar-refractivity contribution in [3.8, 4) is 0 Å². The van der Waals surface area contributed by atoms with Gasteiger partial charge in [-0.1, -0.05) is 41.4 Å². The van der Waals surface area contributed by atoms with Gasteiger partial charge in [0.25, 0.3) is 0 Å². The number of nitrogens with zero attached hydrogens (tertiary/aromatic N) is 1. The molecule has 1 aromatic heterocycles. The van der Waals surface area contributed by atoms with E-state index in [1.807, 2.05) is 42.3 Å². The summed E-state index contributed by atoms with van der Waals surface area (Å²) in [7, 11) is 1.87. The van der Waals surface area contributed by atoms with E-state index in [4.69, 9.17) is 23.2 Å². The lowest BCUT2D eigenvalue weighted by atomic mass is 10.2. The maximum atomic E-state index is 12.1. The number of anilines is 1. The van der Waals surface area contributed by atoms with E-state index < -0.39 is 0 Å². The SMILES string of the molecule is CN(CC(=O)c1cc(Cl)sc1Cl)c1ccccc1. The van der Waals surface area contributed by atoms with Crippen LogP contribution in [0.1, 0.15) is 10.4 Å². The fraction of sp³-hybridized carbons (Fsp3) is 0.154. The number of para-hydroxylation sites is 1. The van der Waals surface area contributed by atoms with E-state index in [2.05, 4.69) is 0 Å². The third-order valence-corrected chi connectivity index (χ3v) is 4.02. The van der Waals surface area contributed by atoms with Crippen LogP contribution in [0.3, 0.4) is 0 Å². The Morgan fingerprint density at radius 2 is 1.94 bits per heavy atom. The van der Waals surface area contributed by atoms with Gasteiger partial charge in [0.2, 0.25) is 0 Å². The van der Waals surface area contributed by atoms with Crippen molar-refractivity contribution in [2.24, 2.45) is 0 Å². The standard InChI is InChI=1S/C13H11Cl2NOS/c1-16(9-5-3-2-4-6-9)8-11(17)10-7-12(14)18-13(10)15/h2-7H,8H2,1H3. The van der Waals surface area contributed by atoms with Crippen LogP contribution < -0.4 is 4.90 Å². The molecular weight excluding hydrogens is 289 g/mol. The Labute approximate surface area is 120 Å². The lowest BCUT2D eigenvalue weighted by Crippen LogP contribution is -2.25. The van der Waals surface area contributed by atoms with Crippen LogP contribution in [-0.2, 0) is 0 Å². The highest BCUT2D eigenvalue weighted by Gasteiger charge is 2.16. The fourth-order valence-electron chi connectivity index (χ4n) is 1.60. The van der Waals surface area contributed by atoms with E-state index in [9.17, 15) is 4.79 Å². The van der Waals surface area contributed by atoms with Crippen LogP contribution in [0.4, 0.5) is 5.69 Å². The van der Waals surface area contributed by atoms with E-state index in [0.29, 0.717) is 14.2 Å². The minimum absolute atomic E-state index is 0.0329. The van der Waals surface area contributed by atoms with Crippen molar-refractivity contribution < 1.29 is 4.79 Å². The normalized spacial score (nSPS) is 10.4. The number of ketones is 1. The van der Waals surface area contributed by atoms with Gasteiger partial charge in [0.05, 0.1) is 16.4 Å². The third-order valence-electron chi connectivity index (χ3n) is 2.53. The van der Waals surface area contributed by atoms with E-state index in [1.54, 1.807) is 6.07 Å². The lowest BCUT2D eigenvalue weighted by Gasteiger charge is -2.17. The second-order valence-corrected chi connectivity index (χ2v) is 6.14. The quantitative estimate of drug-likeness (QED) is 0.781. The molecule has 2 aromatic rings. The molecule has 0 saturated heterocycles. The minimum atomic E-state index is -0.0329. The molecule has 0 unspecified atom stereocenters. The van der Waals surface area contributed by atoms with Gasteiger partial charge in [0, 0.05) is 12.7 Å². The van der Waals surface area contributed by atoms with Crippen molar-refractivity contribution in [2.45, 2.75) is 0 Å². The summed E-state index contributed by atoms with van der Waals surface area (Å²) in [6.45, 7) is 0.275. The van der Waals surface area contributed by atoms with E-state index in [1.165, 1.54) is 11.3 Å². The zero-order valence-electron chi connectivity index (χ0n) is 9.69. The number of carbonyl (C=O) groups is 1. The molecule has 0 spiro atoms. The molecule has 2 rings (SSSR count). The first-order valence-electron chi connectivity index (χ1n) is 5.32. The Hall–Kier alpha value is -1.03. The van der Waals surface area contributed by atoms with Gasteiger partial charge >= 0.3 is 0 Å². The summed E-state index contributed by atoms with van der Waals surface area (Å²) in [5, 5.41) is 0. The summed E-state index contributed by atoms with van der Waals surface area (Å²) < 4.78 is 0.983. The summed E-state index contributed by atoms with van der Waals surface area (Å²) >= 11 is 13.0. The number of thiophene rings is 1. The summed E-state index contributed by atoms with van der Waals surface area (Å²) in [5.74, 6) is -0.0329. The molecule has 0 aliphatic carbocycles. The number of Topliss-reactive ketones (excluding diaryl/α,β-unsaturated/α-hetero) is 1. The van der Waals surface area contributed by atoms with Gasteiger partial charge in [-0.05, 0) is 18.2 Å². The van der Waals surface area contributed by atoms with Gasteiger partial charge in [0.15, 0.2) is 5.78 Å². The van der Waals surface area contributed by atoms with Crippen molar-refractivity contribution in [3.05, 3.63) is 50.6 Å². The van der Waals surface area contributed by atoms with Gasteiger partial charge in [-0.25, -0.2) is 0 Å². The van der Waals surface area contributed by atoms with Crippen molar-refractivity contribution in [3.63, 3.8) is 0 Å². The van der Waals surface area contributed by atoms with E-state index in [0.717, 1.165) is 5.69 Å². The fourth-order valence-corrected chi connectivity index (χ4v) is 3.10. The first kappa shape index (κ1) is 13.4. The zero-order valence-corrected chi connectivity index (χ0v) is 12.0.